The molecule has 0 aliphatic heterocycles. The molecule has 1 aromatic rings. The molecule has 0 amide bonds. The Morgan fingerprint density at radius 3 is 2.37 bits per heavy atom. The molecule has 3 N–H and O–H groups in total. The second kappa shape index (κ2) is 6.45. The fourth-order valence-corrected chi connectivity index (χ4v) is 2.90. The first-order chi connectivity index (χ1) is 8.77. The van der Waals surface area contributed by atoms with Gasteiger partial charge in [0, 0.05) is 6.54 Å². The molecule has 4 nitrogen and oxygen atoms in total. The molecule has 108 valence electrons. The van der Waals surface area contributed by atoms with Gasteiger partial charge in [0.15, 0.2) is 0 Å². The summed E-state index contributed by atoms with van der Waals surface area (Å²) >= 11 is 0. The average molecular weight is 288 g/mol. The van der Waals surface area contributed by atoms with Crippen LogP contribution in [0.15, 0.2) is 29.2 Å². The lowest BCUT2D eigenvalue weighted by molar-refractivity contribution is 0.327. The molecular weight excluding hydrogens is 267 g/mol. The Balaban J connectivity index is 2.68. The first-order valence-corrected chi connectivity index (χ1v) is 7.70. The van der Waals surface area contributed by atoms with E-state index in [0.29, 0.717) is 13.1 Å². The fraction of sp³-hybridized carbons (Fsp3) is 0.538. The van der Waals surface area contributed by atoms with Gasteiger partial charge in [-0.1, -0.05) is 13.8 Å². The van der Waals surface area contributed by atoms with E-state index >= 15 is 0 Å². The van der Waals surface area contributed by atoms with E-state index in [-0.39, 0.29) is 10.3 Å². The van der Waals surface area contributed by atoms with E-state index < -0.39 is 15.8 Å². The van der Waals surface area contributed by atoms with Crippen molar-refractivity contribution >= 4 is 10.0 Å². The predicted octanol–water partition coefficient (Wildman–Crippen LogP) is 1.87. The van der Waals surface area contributed by atoms with Gasteiger partial charge in [-0.05, 0) is 49.1 Å². The van der Waals surface area contributed by atoms with Crippen molar-refractivity contribution in [1.29, 1.82) is 0 Å². The van der Waals surface area contributed by atoms with Gasteiger partial charge in [0.1, 0.15) is 5.82 Å². The van der Waals surface area contributed by atoms with Gasteiger partial charge in [0.25, 0.3) is 0 Å². The Morgan fingerprint density at radius 1 is 1.26 bits per heavy atom. The highest BCUT2D eigenvalue weighted by molar-refractivity contribution is 7.89. The van der Waals surface area contributed by atoms with Gasteiger partial charge in [-0.3, -0.25) is 0 Å². The second-order valence-corrected chi connectivity index (χ2v) is 7.10. The van der Waals surface area contributed by atoms with Crippen molar-refractivity contribution in [3.8, 4) is 0 Å². The molecule has 0 spiro atoms. The molecule has 0 saturated heterocycles. The summed E-state index contributed by atoms with van der Waals surface area (Å²) in [7, 11) is -3.58. The van der Waals surface area contributed by atoms with Crippen LogP contribution in [-0.4, -0.2) is 21.5 Å². The molecule has 0 radical (unpaired) electrons. The Bertz CT molecular complexity index is 498. The normalized spacial score (nSPS) is 12.6. The standard InChI is InChI=1S/C13H21FN2O2S/c1-13(2,8-3-9-15)10-16-19(17,18)12-6-4-11(14)5-7-12/h4-7,16H,3,8-10,15H2,1-2H3. The Labute approximate surface area is 114 Å². The Morgan fingerprint density at radius 2 is 1.84 bits per heavy atom. The summed E-state index contributed by atoms with van der Waals surface area (Å²) in [5.41, 5.74) is 5.29. The van der Waals surface area contributed by atoms with Gasteiger partial charge in [0.05, 0.1) is 4.90 Å². The minimum atomic E-state index is -3.58. The zero-order valence-electron chi connectivity index (χ0n) is 11.3. The highest BCUT2D eigenvalue weighted by atomic mass is 32.2. The molecule has 19 heavy (non-hydrogen) atoms. The lowest BCUT2D eigenvalue weighted by Crippen LogP contribution is -2.34. The van der Waals surface area contributed by atoms with E-state index in [9.17, 15) is 12.8 Å². The van der Waals surface area contributed by atoms with Crippen molar-refractivity contribution in [2.45, 2.75) is 31.6 Å². The molecule has 0 aromatic heterocycles. The summed E-state index contributed by atoms with van der Waals surface area (Å²) in [4.78, 5) is 0.0727. The topological polar surface area (TPSA) is 72.2 Å². The lowest BCUT2D eigenvalue weighted by atomic mass is 9.88. The van der Waals surface area contributed by atoms with Gasteiger partial charge in [-0.2, -0.15) is 0 Å². The van der Waals surface area contributed by atoms with Crippen molar-refractivity contribution in [3.63, 3.8) is 0 Å². The van der Waals surface area contributed by atoms with E-state index in [1.54, 1.807) is 0 Å². The van der Waals surface area contributed by atoms with Gasteiger partial charge in [0.2, 0.25) is 10.0 Å². The van der Waals surface area contributed by atoms with E-state index in [4.69, 9.17) is 5.73 Å². The quantitative estimate of drug-likeness (QED) is 0.804. The summed E-state index contributed by atoms with van der Waals surface area (Å²) in [5, 5.41) is 0. The van der Waals surface area contributed by atoms with Crippen LogP contribution in [0.3, 0.4) is 0 Å². The molecule has 0 aliphatic rings. The van der Waals surface area contributed by atoms with Crippen molar-refractivity contribution in [3.05, 3.63) is 30.1 Å². The average Bonchev–Trinajstić information content (AvgIpc) is 2.35. The Kier molecular flexibility index (Phi) is 5.46. The van der Waals surface area contributed by atoms with Crippen LogP contribution in [0.2, 0.25) is 0 Å². The largest absolute Gasteiger partial charge is 0.330 e. The van der Waals surface area contributed by atoms with E-state index in [1.165, 1.54) is 12.1 Å². The lowest BCUT2D eigenvalue weighted by Gasteiger charge is -2.24. The number of halogens is 1. The maximum Gasteiger partial charge on any atom is 0.240 e. The van der Waals surface area contributed by atoms with Crippen LogP contribution >= 0.6 is 0 Å². The second-order valence-electron chi connectivity index (χ2n) is 5.33. The molecule has 0 atom stereocenters. The summed E-state index contributed by atoms with van der Waals surface area (Å²) < 4.78 is 39.3. The number of nitrogens with two attached hydrogens (primary N) is 1. The monoisotopic (exact) mass is 288 g/mol. The number of hydrogen-bond donors (Lipinski definition) is 2. The Hall–Kier alpha value is -0.980. The van der Waals surface area contributed by atoms with Gasteiger partial charge in [-0.25, -0.2) is 17.5 Å². The van der Waals surface area contributed by atoms with Crippen molar-refractivity contribution in [1.82, 2.24) is 4.72 Å². The molecule has 0 fully saturated rings. The zero-order valence-corrected chi connectivity index (χ0v) is 12.1. The fourth-order valence-electron chi connectivity index (χ4n) is 1.66. The molecule has 6 heteroatoms. The van der Waals surface area contributed by atoms with Crippen molar-refractivity contribution < 1.29 is 12.8 Å². The van der Waals surface area contributed by atoms with Crippen LogP contribution in [0, 0.1) is 11.2 Å². The van der Waals surface area contributed by atoms with Gasteiger partial charge < -0.3 is 5.73 Å². The molecule has 0 bridgehead atoms. The van der Waals surface area contributed by atoms with Crippen molar-refractivity contribution in [2.24, 2.45) is 11.1 Å². The van der Waals surface area contributed by atoms with Gasteiger partial charge >= 0.3 is 0 Å². The first-order valence-electron chi connectivity index (χ1n) is 6.22. The van der Waals surface area contributed by atoms with Crippen LogP contribution in [0.4, 0.5) is 4.39 Å². The third-order valence-electron chi connectivity index (χ3n) is 2.92. The first kappa shape index (κ1) is 16.1. The van der Waals surface area contributed by atoms with Crippen LogP contribution < -0.4 is 10.5 Å². The van der Waals surface area contributed by atoms with Gasteiger partial charge in [-0.15, -0.1) is 0 Å². The van der Waals surface area contributed by atoms with Crippen LogP contribution in [0.5, 0.6) is 0 Å². The van der Waals surface area contributed by atoms with Crippen LogP contribution in [0.1, 0.15) is 26.7 Å². The van der Waals surface area contributed by atoms with E-state index in [2.05, 4.69) is 4.72 Å². The number of hydrogen-bond acceptors (Lipinski definition) is 3. The SMILES string of the molecule is CC(C)(CCCN)CNS(=O)(=O)c1ccc(F)cc1. The number of nitrogens with one attached hydrogen (secondary N) is 1. The highest BCUT2D eigenvalue weighted by Gasteiger charge is 2.21. The number of benzene rings is 1. The molecule has 0 unspecified atom stereocenters. The molecule has 0 saturated carbocycles. The summed E-state index contributed by atoms with van der Waals surface area (Å²) in [6, 6.07) is 4.78. The summed E-state index contributed by atoms with van der Waals surface area (Å²) in [6.45, 7) is 4.88. The number of sulfonamides is 1. The zero-order chi connectivity index (χ0) is 14.5. The number of rotatable bonds is 7. The predicted molar refractivity (Wildman–Crippen MR) is 73.7 cm³/mol. The third kappa shape index (κ3) is 5.26. The smallest absolute Gasteiger partial charge is 0.240 e. The molecular formula is C13H21FN2O2S. The minimum Gasteiger partial charge on any atom is -0.330 e. The summed E-state index contributed by atoms with van der Waals surface area (Å²) in [5.74, 6) is -0.456. The molecule has 0 heterocycles. The van der Waals surface area contributed by atoms with Crippen LogP contribution in [-0.2, 0) is 10.0 Å². The summed E-state index contributed by atoms with van der Waals surface area (Å²) in [6.07, 6.45) is 1.70. The maximum atomic E-state index is 12.8. The van der Waals surface area contributed by atoms with E-state index in [1.807, 2.05) is 13.8 Å². The molecule has 1 aromatic carbocycles. The maximum absolute atomic E-state index is 12.8. The van der Waals surface area contributed by atoms with E-state index in [0.717, 1.165) is 25.0 Å². The molecule has 0 aliphatic carbocycles. The highest BCUT2D eigenvalue weighted by Crippen LogP contribution is 2.21. The minimum absolute atomic E-state index is 0.0727. The van der Waals surface area contributed by atoms with Crippen molar-refractivity contribution in [2.75, 3.05) is 13.1 Å². The molecule has 1 rings (SSSR count). The van der Waals surface area contributed by atoms with Crippen LogP contribution in [0.25, 0.3) is 0 Å². The third-order valence-corrected chi connectivity index (χ3v) is 4.34.